The van der Waals surface area contributed by atoms with Crippen molar-refractivity contribution in [2.75, 3.05) is 25.6 Å². The highest BCUT2D eigenvalue weighted by Crippen LogP contribution is 2.36. The summed E-state index contributed by atoms with van der Waals surface area (Å²) in [7, 11) is 1.75. The van der Waals surface area contributed by atoms with Crippen LogP contribution in [0.1, 0.15) is 31.9 Å². The molecular weight excluding hydrogens is 226 g/mol. The van der Waals surface area contributed by atoms with Gasteiger partial charge in [-0.2, -0.15) is 0 Å². The molecule has 4 heteroatoms. The predicted octanol–water partition coefficient (Wildman–Crippen LogP) is 2.69. The minimum atomic E-state index is 0.759. The number of nitrogens with one attached hydrogen (secondary N) is 1. The van der Waals surface area contributed by atoms with E-state index < -0.39 is 0 Å². The number of anilines is 1. The van der Waals surface area contributed by atoms with Crippen LogP contribution < -0.4 is 5.32 Å². The zero-order valence-electron chi connectivity index (χ0n) is 11.8. The van der Waals surface area contributed by atoms with E-state index in [1.165, 1.54) is 12.8 Å². The Morgan fingerprint density at radius 1 is 1.56 bits per heavy atom. The molecule has 1 heterocycles. The molecule has 1 atom stereocenters. The van der Waals surface area contributed by atoms with E-state index in [1.54, 1.807) is 7.11 Å². The lowest BCUT2D eigenvalue weighted by atomic mass is 10.1. The summed E-state index contributed by atoms with van der Waals surface area (Å²) in [5.74, 6) is 2.71. The van der Waals surface area contributed by atoms with Crippen molar-refractivity contribution in [1.82, 2.24) is 9.55 Å². The first-order valence-corrected chi connectivity index (χ1v) is 6.97. The predicted molar refractivity (Wildman–Crippen MR) is 73.8 cm³/mol. The highest BCUT2D eigenvalue weighted by atomic mass is 16.5. The van der Waals surface area contributed by atoms with Crippen LogP contribution in [0.4, 0.5) is 5.95 Å². The van der Waals surface area contributed by atoms with Gasteiger partial charge < -0.3 is 14.6 Å². The summed E-state index contributed by atoms with van der Waals surface area (Å²) in [6, 6.07) is 0. The Morgan fingerprint density at radius 2 is 2.33 bits per heavy atom. The van der Waals surface area contributed by atoms with Crippen LogP contribution >= 0.6 is 0 Å². The molecule has 0 saturated heterocycles. The maximum atomic E-state index is 5.09. The van der Waals surface area contributed by atoms with Crippen molar-refractivity contribution in [2.24, 2.45) is 11.8 Å². The zero-order valence-corrected chi connectivity index (χ0v) is 11.8. The Hall–Kier alpha value is -1.03. The first-order valence-electron chi connectivity index (χ1n) is 6.97. The molecule has 0 spiro atoms. The number of imidazole rings is 1. The molecule has 1 N–H and O–H groups in total. The van der Waals surface area contributed by atoms with E-state index in [-0.39, 0.29) is 0 Å². The van der Waals surface area contributed by atoms with E-state index in [4.69, 9.17) is 4.74 Å². The van der Waals surface area contributed by atoms with E-state index in [9.17, 15) is 0 Å². The van der Waals surface area contributed by atoms with Gasteiger partial charge in [0.05, 0.1) is 5.69 Å². The highest BCUT2D eigenvalue weighted by Gasteiger charge is 2.27. The van der Waals surface area contributed by atoms with Crippen molar-refractivity contribution in [3.8, 4) is 0 Å². The molecule has 102 valence electrons. The first kappa shape index (κ1) is 13.4. The standard InChI is InChI=1S/C14H25N3O/c1-11(13-5-6-13)9-15-14-16-12(2)10-17(14)7-4-8-18-3/h10-11,13H,4-9H2,1-3H3,(H,15,16). The normalized spacial score (nSPS) is 16.8. The summed E-state index contributed by atoms with van der Waals surface area (Å²) in [5.41, 5.74) is 1.08. The molecule has 1 aliphatic rings. The Kier molecular flexibility index (Phi) is 4.64. The van der Waals surface area contributed by atoms with Crippen molar-refractivity contribution < 1.29 is 4.74 Å². The van der Waals surface area contributed by atoms with Crippen molar-refractivity contribution in [3.05, 3.63) is 11.9 Å². The van der Waals surface area contributed by atoms with Gasteiger partial charge in [-0.1, -0.05) is 6.92 Å². The van der Waals surface area contributed by atoms with Crippen molar-refractivity contribution in [3.63, 3.8) is 0 Å². The molecule has 0 amide bonds. The van der Waals surface area contributed by atoms with Crippen LogP contribution in [0.2, 0.25) is 0 Å². The average molecular weight is 251 g/mol. The molecule has 0 bridgehead atoms. The quantitative estimate of drug-likeness (QED) is 0.722. The second-order valence-electron chi connectivity index (χ2n) is 5.44. The molecule has 0 aliphatic heterocycles. The van der Waals surface area contributed by atoms with E-state index in [2.05, 4.69) is 28.0 Å². The number of hydrogen-bond acceptors (Lipinski definition) is 3. The van der Waals surface area contributed by atoms with Crippen LogP contribution in [-0.2, 0) is 11.3 Å². The van der Waals surface area contributed by atoms with Gasteiger partial charge in [0.25, 0.3) is 0 Å². The molecule has 18 heavy (non-hydrogen) atoms. The van der Waals surface area contributed by atoms with Crippen LogP contribution in [0.15, 0.2) is 6.20 Å². The molecule has 1 unspecified atom stereocenters. The first-order chi connectivity index (χ1) is 8.70. The van der Waals surface area contributed by atoms with E-state index in [0.717, 1.165) is 49.6 Å². The van der Waals surface area contributed by atoms with Gasteiger partial charge in [0.2, 0.25) is 5.95 Å². The minimum Gasteiger partial charge on any atom is -0.385 e. The van der Waals surface area contributed by atoms with E-state index in [1.807, 2.05) is 6.92 Å². The van der Waals surface area contributed by atoms with Crippen LogP contribution in [0.5, 0.6) is 0 Å². The fraction of sp³-hybridized carbons (Fsp3) is 0.786. The molecule has 1 saturated carbocycles. The third-order valence-corrected chi connectivity index (χ3v) is 3.65. The Bertz CT molecular complexity index is 371. The summed E-state index contributed by atoms with van der Waals surface area (Å²) < 4.78 is 7.30. The van der Waals surface area contributed by atoms with E-state index >= 15 is 0 Å². The fourth-order valence-corrected chi connectivity index (χ4v) is 2.32. The molecular formula is C14H25N3O. The van der Waals surface area contributed by atoms with Gasteiger partial charge in [-0.3, -0.25) is 0 Å². The molecule has 1 aromatic rings. The van der Waals surface area contributed by atoms with Crippen molar-refractivity contribution in [1.29, 1.82) is 0 Å². The Morgan fingerprint density at radius 3 is 3.00 bits per heavy atom. The SMILES string of the molecule is COCCCn1cc(C)nc1NCC(C)C1CC1. The second-order valence-corrected chi connectivity index (χ2v) is 5.44. The third kappa shape index (κ3) is 3.73. The maximum Gasteiger partial charge on any atom is 0.203 e. The molecule has 1 aliphatic carbocycles. The van der Waals surface area contributed by atoms with E-state index in [0.29, 0.717) is 0 Å². The third-order valence-electron chi connectivity index (χ3n) is 3.65. The van der Waals surface area contributed by atoms with Gasteiger partial charge in [-0.25, -0.2) is 4.98 Å². The molecule has 0 aromatic carbocycles. The number of nitrogens with zero attached hydrogens (tertiary/aromatic N) is 2. The van der Waals surface area contributed by atoms with Gasteiger partial charge >= 0.3 is 0 Å². The minimum absolute atomic E-state index is 0.759. The largest absolute Gasteiger partial charge is 0.385 e. The molecule has 0 radical (unpaired) electrons. The molecule has 1 aromatic heterocycles. The van der Waals surface area contributed by atoms with Gasteiger partial charge in [0.15, 0.2) is 0 Å². The highest BCUT2D eigenvalue weighted by molar-refractivity contribution is 5.28. The number of methoxy groups -OCH3 is 1. The lowest BCUT2D eigenvalue weighted by molar-refractivity contribution is 0.190. The maximum absolute atomic E-state index is 5.09. The van der Waals surface area contributed by atoms with Gasteiger partial charge in [0, 0.05) is 33.0 Å². The van der Waals surface area contributed by atoms with Gasteiger partial charge in [-0.05, 0) is 38.0 Å². The summed E-state index contributed by atoms with van der Waals surface area (Å²) in [6.07, 6.45) is 5.95. The van der Waals surface area contributed by atoms with Crippen LogP contribution in [0, 0.1) is 18.8 Å². The lowest BCUT2D eigenvalue weighted by Gasteiger charge is -2.13. The molecule has 4 nitrogen and oxygen atoms in total. The monoisotopic (exact) mass is 251 g/mol. The average Bonchev–Trinajstić information content (AvgIpc) is 3.12. The summed E-state index contributed by atoms with van der Waals surface area (Å²) in [4.78, 5) is 4.55. The smallest absolute Gasteiger partial charge is 0.203 e. The number of hydrogen-bond donors (Lipinski definition) is 1. The number of ether oxygens (including phenoxy) is 1. The van der Waals surface area contributed by atoms with Crippen molar-refractivity contribution in [2.45, 2.75) is 39.7 Å². The van der Waals surface area contributed by atoms with Crippen molar-refractivity contribution >= 4 is 5.95 Å². The molecule has 2 rings (SSSR count). The van der Waals surface area contributed by atoms with Gasteiger partial charge in [0.1, 0.15) is 0 Å². The zero-order chi connectivity index (χ0) is 13.0. The second kappa shape index (κ2) is 6.23. The van der Waals surface area contributed by atoms with Crippen LogP contribution in [0.25, 0.3) is 0 Å². The number of aryl methyl sites for hydroxylation is 2. The Balaban J connectivity index is 1.85. The molecule has 1 fully saturated rings. The van der Waals surface area contributed by atoms with Crippen LogP contribution in [0.3, 0.4) is 0 Å². The number of aromatic nitrogens is 2. The summed E-state index contributed by atoms with van der Waals surface area (Å²) in [5, 5.41) is 3.49. The van der Waals surface area contributed by atoms with Gasteiger partial charge in [-0.15, -0.1) is 0 Å². The van der Waals surface area contributed by atoms with Crippen LogP contribution in [-0.4, -0.2) is 29.8 Å². The lowest BCUT2D eigenvalue weighted by Crippen LogP contribution is -2.16. The summed E-state index contributed by atoms with van der Waals surface area (Å²) >= 11 is 0. The fourth-order valence-electron chi connectivity index (χ4n) is 2.32. The Labute approximate surface area is 110 Å². The summed E-state index contributed by atoms with van der Waals surface area (Å²) in [6.45, 7) is 7.17. The number of rotatable bonds is 8. The topological polar surface area (TPSA) is 39.1 Å².